The van der Waals surface area contributed by atoms with Crippen molar-refractivity contribution in [2.24, 2.45) is 21.8 Å². The number of fused-ring (bicyclic) bond motifs is 2. The summed E-state index contributed by atoms with van der Waals surface area (Å²) in [7, 11) is 0. The summed E-state index contributed by atoms with van der Waals surface area (Å²) in [5.74, 6) is 2.23. The maximum Gasteiger partial charge on any atom is 0.0855 e. The van der Waals surface area contributed by atoms with E-state index in [0.29, 0.717) is 35.5 Å². The van der Waals surface area contributed by atoms with E-state index in [-0.39, 0.29) is 0 Å². The van der Waals surface area contributed by atoms with Gasteiger partial charge >= 0.3 is 0 Å². The third-order valence-corrected chi connectivity index (χ3v) is 8.52. The number of pyridine rings is 1. The standard InChI is InChI=1S/C33H39N3/c1-18(2)24-12-9-14-26-20(5)22(7)30(35-32(24)26)28-16-11-17-29(34-28)31-23(8)21(6)27-15-10-13-25(19(3)4)33(27)36-31/h9-23H,1-8H3. The first-order chi connectivity index (χ1) is 17.2. The third-order valence-electron chi connectivity index (χ3n) is 8.52. The van der Waals surface area contributed by atoms with Crippen LogP contribution >= 0.6 is 0 Å². The first kappa shape index (κ1) is 24.6. The van der Waals surface area contributed by atoms with Crippen LogP contribution in [0.4, 0.5) is 11.4 Å². The van der Waals surface area contributed by atoms with E-state index in [1.807, 2.05) is 0 Å². The second kappa shape index (κ2) is 9.42. The predicted molar refractivity (Wildman–Crippen MR) is 153 cm³/mol. The molecule has 0 radical (unpaired) electrons. The zero-order chi connectivity index (χ0) is 25.7. The molecule has 0 aliphatic carbocycles. The summed E-state index contributed by atoms with van der Waals surface area (Å²) in [5, 5.41) is 0. The highest BCUT2D eigenvalue weighted by atomic mass is 14.9. The molecule has 1 aromatic heterocycles. The summed E-state index contributed by atoms with van der Waals surface area (Å²) in [6, 6.07) is 19.7. The van der Waals surface area contributed by atoms with Gasteiger partial charge in [0.1, 0.15) is 0 Å². The van der Waals surface area contributed by atoms with E-state index in [4.69, 9.17) is 15.0 Å². The number of benzene rings is 2. The van der Waals surface area contributed by atoms with Crippen LogP contribution in [0.25, 0.3) is 0 Å². The van der Waals surface area contributed by atoms with Gasteiger partial charge < -0.3 is 0 Å². The van der Waals surface area contributed by atoms with Crippen LogP contribution in [0.15, 0.2) is 64.6 Å². The van der Waals surface area contributed by atoms with Crippen molar-refractivity contribution in [3.8, 4) is 0 Å². The largest absolute Gasteiger partial charge is 0.250 e. The van der Waals surface area contributed by atoms with Gasteiger partial charge in [0.05, 0.1) is 34.2 Å². The minimum absolute atomic E-state index is 0.292. The fourth-order valence-corrected chi connectivity index (χ4v) is 5.84. The van der Waals surface area contributed by atoms with Crippen LogP contribution in [0.1, 0.15) is 113 Å². The number of para-hydroxylation sites is 2. The second-order valence-corrected chi connectivity index (χ2v) is 11.4. The molecule has 2 aliphatic rings. The molecule has 0 fully saturated rings. The summed E-state index contributed by atoms with van der Waals surface area (Å²) in [6.45, 7) is 18.2. The summed E-state index contributed by atoms with van der Waals surface area (Å²) in [5.41, 5.74) is 11.8. The maximum absolute atomic E-state index is 5.28. The molecule has 0 N–H and O–H groups in total. The maximum atomic E-state index is 5.28. The molecule has 5 rings (SSSR count). The van der Waals surface area contributed by atoms with E-state index in [9.17, 15) is 0 Å². The number of aliphatic imine (C=N–C) groups is 2. The molecule has 3 aromatic rings. The van der Waals surface area contributed by atoms with E-state index in [1.165, 1.54) is 22.3 Å². The lowest BCUT2D eigenvalue weighted by atomic mass is 9.78. The molecule has 0 saturated carbocycles. The molecular formula is C33H39N3. The molecule has 3 heterocycles. The Kier molecular flexibility index (Phi) is 6.44. The Balaban J connectivity index is 1.63. The van der Waals surface area contributed by atoms with Crippen LogP contribution in [0, 0.1) is 11.8 Å². The number of hydrogen-bond donors (Lipinski definition) is 0. The van der Waals surface area contributed by atoms with Crippen molar-refractivity contribution in [2.75, 3.05) is 0 Å². The molecule has 2 aromatic carbocycles. The lowest BCUT2D eigenvalue weighted by Crippen LogP contribution is -2.26. The van der Waals surface area contributed by atoms with Gasteiger partial charge in [0.2, 0.25) is 0 Å². The van der Waals surface area contributed by atoms with Crippen molar-refractivity contribution in [1.29, 1.82) is 0 Å². The minimum Gasteiger partial charge on any atom is -0.250 e. The van der Waals surface area contributed by atoms with Gasteiger partial charge in [-0.05, 0) is 58.1 Å². The molecule has 186 valence electrons. The van der Waals surface area contributed by atoms with Crippen LogP contribution in [0.2, 0.25) is 0 Å². The molecule has 2 aliphatic heterocycles. The van der Waals surface area contributed by atoms with Gasteiger partial charge in [0, 0.05) is 11.8 Å². The monoisotopic (exact) mass is 477 g/mol. The molecule has 4 atom stereocenters. The quantitative estimate of drug-likeness (QED) is 0.369. The zero-order valence-electron chi connectivity index (χ0n) is 23.0. The Bertz CT molecular complexity index is 1260. The average molecular weight is 478 g/mol. The van der Waals surface area contributed by atoms with E-state index < -0.39 is 0 Å². The van der Waals surface area contributed by atoms with Crippen LogP contribution in [-0.2, 0) is 0 Å². The van der Waals surface area contributed by atoms with E-state index in [0.717, 1.165) is 34.2 Å². The summed E-state index contributed by atoms with van der Waals surface area (Å²) >= 11 is 0. The number of aromatic nitrogens is 1. The van der Waals surface area contributed by atoms with Crippen LogP contribution in [-0.4, -0.2) is 16.4 Å². The van der Waals surface area contributed by atoms with Gasteiger partial charge in [-0.25, -0.2) is 4.98 Å². The predicted octanol–water partition coefficient (Wildman–Crippen LogP) is 9.08. The third kappa shape index (κ3) is 4.03. The summed E-state index contributed by atoms with van der Waals surface area (Å²) in [4.78, 5) is 15.8. The van der Waals surface area contributed by atoms with Gasteiger partial charge in [-0.15, -0.1) is 0 Å². The molecular weight excluding hydrogens is 438 g/mol. The Hall–Kier alpha value is -3.07. The van der Waals surface area contributed by atoms with E-state index in [1.54, 1.807) is 0 Å². The zero-order valence-corrected chi connectivity index (χ0v) is 23.0. The Labute approximate surface area is 216 Å². The number of nitrogens with zero attached hydrogens (tertiary/aromatic N) is 3. The van der Waals surface area contributed by atoms with Gasteiger partial charge in [-0.2, -0.15) is 0 Å². The Morgan fingerprint density at radius 1 is 0.528 bits per heavy atom. The molecule has 36 heavy (non-hydrogen) atoms. The molecule has 0 saturated heterocycles. The molecule has 4 unspecified atom stereocenters. The smallest absolute Gasteiger partial charge is 0.0855 e. The SMILES string of the molecule is CC(C)c1cccc2c1N=C(c1cccc(C3=Nc4c(C(C)C)cccc4C(C)C3C)n1)C(C)C2C. The lowest BCUT2D eigenvalue weighted by molar-refractivity contribution is 0.609. The van der Waals surface area contributed by atoms with Crippen molar-refractivity contribution in [1.82, 2.24) is 4.98 Å². The first-order valence-corrected chi connectivity index (χ1v) is 13.6. The highest BCUT2D eigenvalue weighted by molar-refractivity contribution is 6.07. The van der Waals surface area contributed by atoms with Crippen LogP contribution < -0.4 is 0 Å². The van der Waals surface area contributed by atoms with Crippen molar-refractivity contribution in [3.05, 3.63) is 88.2 Å². The lowest BCUT2D eigenvalue weighted by Gasteiger charge is -2.31. The molecule has 0 spiro atoms. The van der Waals surface area contributed by atoms with Crippen molar-refractivity contribution < 1.29 is 0 Å². The van der Waals surface area contributed by atoms with Crippen molar-refractivity contribution in [2.45, 2.75) is 79.1 Å². The van der Waals surface area contributed by atoms with Crippen molar-refractivity contribution >= 4 is 22.8 Å². The van der Waals surface area contributed by atoms with Gasteiger partial charge in [-0.1, -0.05) is 97.9 Å². The van der Waals surface area contributed by atoms with E-state index >= 15 is 0 Å². The molecule has 3 heteroatoms. The van der Waals surface area contributed by atoms with Gasteiger partial charge in [0.25, 0.3) is 0 Å². The highest BCUT2D eigenvalue weighted by Crippen LogP contribution is 2.44. The molecule has 3 nitrogen and oxygen atoms in total. The first-order valence-electron chi connectivity index (χ1n) is 13.6. The van der Waals surface area contributed by atoms with Gasteiger partial charge in [-0.3, -0.25) is 9.98 Å². The Morgan fingerprint density at radius 2 is 0.917 bits per heavy atom. The Morgan fingerprint density at radius 3 is 1.31 bits per heavy atom. The van der Waals surface area contributed by atoms with Crippen LogP contribution in [0.3, 0.4) is 0 Å². The fourth-order valence-electron chi connectivity index (χ4n) is 5.84. The van der Waals surface area contributed by atoms with E-state index in [2.05, 4.69) is 110 Å². The summed E-state index contributed by atoms with van der Waals surface area (Å²) in [6.07, 6.45) is 0. The average Bonchev–Trinajstić information content (AvgIpc) is 2.87. The highest BCUT2D eigenvalue weighted by Gasteiger charge is 2.32. The van der Waals surface area contributed by atoms with Crippen molar-refractivity contribution in [3.63, 3.8) is 0 Å². The van der Waals surface area contributed by atoms with Crippen LogP contribution in [0.5, 0.6) is 0 Å². The topological polar surface area (TPSA) is 37.6 Å². The molecule has 0 bridgehead atoms. The number of rotatable bonds is 4. The van der Waals surface area contributed by atoms with Gasteiger partial charge in [0.15, 0.2) is 0 Å². The molecule has 0 amide bonds. The fraction of sp³-hybridized carbons (Fsp3) is 0.424. The minimum atomic E-state index is 0.292. The second-order valence-electron chi connectivity index (χ2n) is 11.4. The number of hydrogen-bond acceptors (Lipinski definition) is 3. The summed E-state index contributed by atoms with van der Waals surface area (Å²) < 4.78 is 0. The normalized spacial score (nSPS) is 23.3.